The van der Waals surface area contributed by atoms with Crippen LogP contribution in [0, 0.1) is 0 Å². The van der Waals surface area contributed by atoms with Crippen LogP contribution in [0.25, 0.3) is 10.9 Å². The number of piperazine rings is 1. The number of pyridine rings is 1. The fourth-order valence-electron chi connectivity index (χ4n) is 2.96. The van der Waals surface area contributed by atoms with Gasteiger partial charge in [-0.15, -0.1) is 0 Å². The van der Waals surface area contributed by atoms with Crippen LogP contribution < -0.4 is 11.1 Å². The predicted molar refractivity (Wildman–Crippen MR) is 96.6 cm³/mol. The molecule has 0 spiro atoms. The number of nitrogens with zero attached hydrogens (tertiary/aromatic N) is 2. The lowest BCUT2D eigenvalue weighted by Gasteiger charge is -2.40. The quantitative estimate of drug-likeness (QED) is 0.385. The Balaban J connectivity index is 1.91. The molecule has 0 aliphatic carbocycles. The van der Waals surface area contributed by atoms with Gasteiger partial charge in [-0.25, -0.2) is 19.9 Å². The number of fused-ring (bicyclic) bond motifs is 1. The monoisotopic (exact) mass is 480 g/mol. The summed E-state index contributed by atoms with van der Waals surface area (Å²) in [5, 5.41) is 2.42. The Morgan fingerprint density at radius 3 is 2.24 bits per heavy atom. The maximum absolute atomic E-state index is 12.8. The van der Waals surface area contributed by atoms with Crippen molar-refractivity contribution < 1.29 is 50.2 Å². The summed E-state index contributed by atoms with van der Waals surface area (Å²) in [6.07, 6.45) is -11.4. The predicted octanol–water partition coefficient (Wildman–Crippen LogP) is 1.61. The van der Waals surface area contributed by atoms with Gasteiger partial charge in [-0.05, 0) is 29.8 Å². The number of benzene rings is 1. The van der Waals surface area contributed by atoms with Crippen LogP contribution in [-0.4, -0.2) is 59.1 Å². The zero-order chi connectivity index (χ0) is 24.6. The van der Waals surface area contributed by atoms with Crippen LogP contribution in [-0.2, 0) is 30.4 Å². The Kier molecular flexibility index (Phi) is 6.10. The molecule has 1 aliphatic rings. The topological polar surface area (TPSA) is 124 Å². The van der Waals surface area contributed by atoms with E-state index in [1.807, 2.05) is 5.32 Å². The van der Waals surface area contributed by atoms with Gasteiger partial charge in [0, 0.05) is 25.0 Å². The molecule has 178 valence electrons. The molecule has 1 amide bonds. The van der Waals surface area contributed by atoms with Crippen molar-refractivity contribution in [2.75, 3.05) is 18.8 Å². The third-order valence-corrected chi connectivity index (χ3v) is 4.39. The maximum atomic E-state index is 12.8. The second kappa shape index (κ2) is 8.38. The molecule has 0 bridgehead atoms. The molecule has 3 N–H and O–H groups in total. The number of nitrogens with two attached hydrogens (primary N) is 1. The highest BCUT2D eigenvalue weighted by Gasteiger charge is 2.59. The smallest absolute Gasteiger partial charge is 0.394 e. The summed E-state index contributed by atoms with van der Waals surface area (Å²) in [5.74, 6) is -11.1. The van der Waals surface area contributed by atoms with Crippen molar-refractivity contribution in [1.82, 2.24) is 15.2 Å². The maximum Gasteiger partial charge on any atom is 0.491 e. The summed E-state index contributed by atoms with van der Waals surface area (Å²) in [6.45, 7) is -1.00. The number of esters is 2. The van der Waals surface area contributed by atoms with Crippen molar-refractivity contribution in [1.29, 1.82) is 0 Å². The molecule has 1 aliphatic heterocycles. The molecule has 15 heteroatoms. The summed E-state index contributed by atoms with van der Waals surface area (Å²) >= 11 is 0. The zero-order valence-electron chi connectivity index (χ0n) is 16.3. The molecule has 3 rings (SSSR count). The average Bonchev–Trinajstić information content (AvgIpc) is 2.70. The summed E-state index contributed by atoms with van der Waals surface area (Å²) in [4.78, 5) is 40.3. The van der Waals surface area contributed by atoms with Crippen LogP contribution >= 0.6 is 0 Å². The number of aromatic nitrogens is 1. The Morgan fingerprint density at radius 1 is 1.06 bits per heavy atom. The van der Waals surface area contributed by atoms with Gasteiger partial charge in [0.2, 0.25) is 0 Å². The molecule has 9 nitrogen and oxygen atoms in total. The van der Waals surface area contributed by atoms with Gasteiger partial charge in [-0.2, -0.15) is 26.3 Å². The first kappa shape index (κ1) is 24.0. The number of ether oxygens (including phenoxy) is 2. The number of hydrogen-bond acceptors (Lipinski definition) is 8. The highest BCUT2D eigenvalue weighted by molar-refractivity contribution is 5.91. The van der Waals surface area contributed by atoms with Crippen LogP contribution in [0.5, 0.6) is 0 Å². The lowest BCUT2D eigenvalue weighted by Crippen LogP contribution is -2.69. The van der Waals surface area contributed by atoms with Crippen LogP contribution in [0.4, 0.5) is 32.2 Å². The molecule has 1 aromatic heterocycles. The van der Waals surface area contributed by atoms with Gasteiger partial charge in [-0.1, -0.05) is 6.07 Å². The summed E-state index contributed by atoms with van der Waals surface area (Å²) in [6, 6.07) is 7.70. The van der Waals surface area contributed by atoms with Crippen molar-refractivity contribution in [3.63, 3.8) is 0 Å². The van der Waals surface area contributed by atoms with E-state index in [9.17, 15) is 40.7 Å². The Morgan fingerprint density at radius 2 is 1.67 bits per heavy atom. The highest BCUT2D eigenvalue weighted by atomic mass is 19.4. The number of nitrogens with one attached hydrogen (secondary N) is 1. The van der Waals surface area contributed by atoms with Gasteiger partial charge in [0.1, 0.15) is 5.82 Å². The van der Waals surface area contributed by atoms with E-state index in [1.54, 1.807) is 12.1 Å². The highest BCUT2D eigenvalue weighted by Crippen LogP contribution is 2.28. The number of hydrogen-bond donors (Lipinski definition) is 2. The Hall–Kier alpha value is -3.62. The van der Waals surface area contributed by atoms with E-state index in [-0.39, 0.29) is 18.9 Å². The molecule has 33 heavy (non-hydrogen) atoms. The van der Waals surface area contributed by atoms with Gasteiger partial charge in [-0.3, -0.25) is 4.79 Å². The molecule has 1 aromatic carbocycles. The second-order valence-electron chi connectivity index (χ2n) is 6.81. The van der Waals surface area contributed by atoms with Crippen molar-refractivity contribution in [2.45, 2.75) is 24.8 Å². The molecule has 0 radical (unpaired) electrons. The fourth-order valence-corrected chi connectivity index (χ4v) is 2.96. The van der Waals surface area contributed by atoms with Crippen molar-refractivity contribution in [2.24, 2.45) is 0 Å². The van der Waals surface area contributed by atoms with Crippen molar-refractivity contribution >= 4 is 34.6 Å². The molecule has 0 saturated carbocycles. The van der Waals surface area contributed by atoms with E-state index < -0.39 is 42.7 Å². The van der Waals surface area contributed by atoms with Crippen LogP contribution in [0.1, 0.15) is 5.56 Å². The van der Waals surface area contributed by atoms with Gasteiger partial charge in [0.25, 0.3) is 0 Å². The number of carbonyl (C=O) groups is 3. The lowest BCUT2D eigenvalue weighted by atomic mass is 10.1. The first-order valence-corrected chi connectivity index (χ1v) is 9.01. The van der Waals surface area contributed by atoms with Crippen molar-refractivity contribution in [3.05, 3.63) is 35.9 Å². The number of amides is 1. The van der Waals surface area contributed by atoms with E-state index in [4.69, 9.17) is 5.73 Å². The first-order chi connectivity index (χ1) is 15.2. The van der Waals surface area contributed by atoms with E-state index in [2.05, 4.69) is 14.5 Å². The van der Waals surface area contributed by atoms with Crippen molar-refractivity contribution in [3.8, 4) is 0 Å². The SMILES string of the molecule is Nc1ccc2cc(CN3CCNC(OC(=O)C(F)(F)F)(OC(=O)C(F)(F)F)C3=O)ccc2n1. The van der Waals surface area contributed by atoms with Gasteiger partial charge in [0.15, 0.2) is 0 Å². The Labute approximate surface area is 180 Å². The van der Waals surface area contributed by atoms with Crippen LogP contribution in [0.3, 0.4) is 0 Å². The summed E-state index contributed by atoms with van der Waals surface area (Å²) < 4.78 is 84.0. The third-order valence-electron chi connectivity index (χ3n) is 4.39. The average molecular weight is 480 g/mol. The molecule has 2 aromatic rings. The normalized spacial score (nSPS) is 16.5. The van der Waals surface area contributed by atoms with E-state index in [0.717, 1.165) is 4.90 Å². The molecule has 0 atom stereocenters. The molecular formula is C18H14F6N4O5. The fraction of sp³-hybridized carbons (Fsp3) is 0.333. The third kappa shape index (κ3) is 5.24. The largest absolute Gasteiger partial charge is 0.491 e. The number of nitrogen functional groups attached to an aromatic ring is 1. The van der Waals surface area contributed by atoms with Gasteiger partial charge in [0.05, 0.1) is 5.52 Å². The van der Waals surface area contributed by atoms with E-state index >= 15 is 0 Å². The molecule has 2 heterocycles. The molecular weight excluding hydrogens is 466 g/mol. The van der Waals surface area contributed by atoms with Gasteiger partial charge < -0.3 is 20.1 Å². The molecule has 1 fully saturated rings. The van der Waals surface area contributed by atoms with E-state index in [1.165, 1.54) is 18.2 Å². The number of alkyl halides is 6. The summed E-state index contributed by atoms with van der Waals surface area (Å²) in [5.41, 5.74) is 6.49. The standard InChI is InChI=1S/C18H14F6N4O5/c19-16(20,21)14(30)32-18(33-15(31)17(22,23)24)13(29)28(6-5-26-18)8-9-1-3-11-10(7-9)2-4-12(25)27-11/h1-4,7,26H,5-6,8H2,(H2,25,27). The van der Waals surface area contributed by atoms with Crippen LogP contribution in [0.2, 0.25) is 0 Å². The number of halogens is 6. The van der Waals surface area contributed by atoms with Gasteiger partial charge >= 0.3 is 36.1 Å². The minimum atomic E-state index is -5.69. The first-order valence-electron chi connectivity index (χ1n) is 9.01. The molecule has 1 saturated heterocycles. The summed E-state index contributed by atoms with van der Waals surface area (Å²) in [7, 11) is 0. The minimum Gasteiger partial charge on any atom is -0.394 e. The number of rotatable bonds is 4. The number of carbonyl (C=O) groups excluding carboxylic acids is 3. The second-order valence-corrected chi connectivity index (χ2v) is 6.81. The minimum absolute atomic E-state index is 0.217. The Bertz CT molecular complexity index is 1080. The van der Waals surface area contributed by atoms with E-state index in [0.29, 0.717) is 16.5 Å². The van der Waals surface area contributed by atoms with Crippen LogP contribution in [0.15, 0.2) is 30.3 Å². The lowest BCUT2D eigenvalue weighted by molar-refractivity contribution is -0.280. The zero-order valence-corrected chi connectivity index (χ0v) is 16.3. The molecule has 0 unspecified atom stereocenters. The number of anilines is 1.